The number of nitrogens with one attached hydrogen (secondary N) is 1. The first-order chi connectivity index (χ1) is 9.54. The van der Waals surface area contributed by atoms with Crippen molar-refractivity contribution in [2.75, 3.05) is 19.6 Å². The van der Waals surface area contributed by atoms with Crippen LogP contribution in [0.5, 0.6) is 0 Å². The Morgan fingerprint density at radius 3 is 2.70 bits per heavy atom. The van der Waals surface area contributed by atoms with Gasteiger partial charge in [0.2, 0.25) is 5.91 Å². The number of unbranched alkanes of at least 4 members (excludes halogenated alkanes) is 1. The number of carbonyl (C=O) groups excluding carboxylic acids is 1. The quantitative estimate of drug-likeness (QED) is 0.668. The lowest BCUT2D eigenvalue weighted by atomic mass is 9.92. The summed E-state index contributed by atoms with van der Waals surface area (Å²) in [4.78, 5) is 24.9. The van der Waals surface area contributed by atoms with E-state index in [1.165, 1.54) is 0 Å². The Balaban J connectivity index is 2.36. The molecule has 1 amide bonds. The summed E-state index contributed by atoms with van der Waals surface area (Å²) < 4.78 is 0. The van der Waals surface area contributed by atoms with E-state index >= 15 is 0 Å². The summed E-state index contributed by atoms with van der Waals surface area (Å²) in [5.41, 5.74) is 0. The van der Waals surface area contributed by atoms with Crippen LogP contribution in [0.1, 0.15) is 52.4 Å². The van der Waals surface area contributed by atoms with E-state index in [4.69, 9.17) is 5.11 Å². The maximum atomic E-state index is 12.1. The number of piperidine rings is 1. The molecule has 0 bridgehead atoms. The second kappa shape index (κ2) is 8.95. The van der Waals surface area contributed by atoms with E-state index < -0.39 is 5.97 Å². The largest absolute Gasteiger partial charge is 0.481 e. The molecule has 1 rings (SSSR count). The lowest BCUT2D eigenvalue weighted by Crippen LogP contribution is -2.47. The van der Waals surface area contributed by atoms with E-state index in [-0.39, 0.29) is 18.2 Å². The Kier molecular flexibility index (Phi) is 7.59. The van der Waals surface area contributed by atoms with Gasteiger partial charge in [0, 0.05) is 25.6 Å². The van der Waals surface area contributed by atoms with Gasteiger partial charge in [-0.3, -0.25) is 14.5 Å². The molecule has 1 saturated heterocycles. The average Bonchev–Trinajstić information content (AvgIpc) is 2.40. The lowest BCUT2D eigenvalue weighted by molar-refractivity contribution is -0.137. The third kappa shape index (κ3) is 5.90. The van der Waals surface area contributed by atoms with Gasteiger partial charge >= 0.3 is 5.97 Å². The van der Waals surface area contributed by atoms with Gasteiger partial charge in [0.15, 0.2) is 0 Å². The molecule has 5 heteroatoms. The van der Waals surface area contributed by atoms with Gasteiger partial charge in [0.1, 0.15) is 0 Å². The second-order valence-corrected chi connectivity index (χ2v) is 5.76. The van der Waals surface area contributed by atoms with Crippen molar-refractivity contribution in [1.82, 2.24) is 10.2 Å². The molecule has 1 fully saturated rings. The predicted molar refractivity (Wildman–Crippen MR) is 78.5 cm³/mol. The Hall–Kier alpha value is -1.10. The smallest absolute Gasteiger partial charge is 0.303 e. The molecule has 116 valence electrons. The van der Waals surface area contributed by atoms with E-state index in [0.717, 1.165) is 45.3 Å². The lowest BCUT2D eigenvalue weighted by Gasteiger charge is -2.37. The van der Waals surface area contributed by atoms with Crippen molar-refractivity contribution in [2.45, 2.75) is 58.4 Å². The minimum absolute atomic E-state index is 0.0629. The number of hydrogen-bond donors (Lipinski definition) is 2. The zero-order chi connectivity index (χ0) is 15.0. The molecule has 20 heavy (non-hydrogen) atoms. The molecule has 0 spiro atoms. The van der Waals surface area contributed by atoms with Crippen LogP contribution in [0.2, 0.25) is 0 Å². The molecule has 2 N–H and O–H groups in total. The van der Waals surface area contributed by atoms with E-state index in [0.29, 0.717) is 12.5 Å². The molecular formula is C15H28N2O3. The van der Waals surface area contributed by atoms with Crippen molar-refractivity contribution in [3.63, 3.8) is 0 Å². The molecule has 1 heterocycles. The number of likely N-dealkylation sites (tertiary alicyclic amines) is 1. The number of carboxylic acids is 1. The highest BCUT2D eigenvalue weighted by Crippen LogP contribution is 2.22. The van der Waals surface area contributed by atoms with Crippen molar-refractivity contribution >= 4 is 11.9 Å². The van der Waals surface area contributed by atoms with Gasteiger partial charge in [-0.2, -0.15) is 0 Å². The van der Waals surface area contributed by atoms with Crippen molar-refractivity contribution in [3.8, 4) is 0 Å². The van der Waals surface area contributed by atoms with Crippen LogP contribution in [0, 0.1) is 5.92 Å². The highest BCUT2D eigenvalue weighted by molar-refractivity contribution is 5.78. The van der Waals surface area contributed by atoms with E-state index in [2.05, 4.69) is 24.1 Å². The molecule has 0 aromatic heterocycles. The summed E-state index contributed by atoms with van der Waals surface area (Å²) >= 11 is 0. The monoisotopic (exact) mass is 284 g/mol. The fourth-order valence-corrected chi connectivity index (χ4v) is 2.67. The summed E-state index contributed by atoms with van der Waals surface area (Å²) in [6, 6.07) is 0.448. The van der Waals surface area contributed by atoms with Crippen LogP contribution in [0.25, 0.3) is 0 Å². The summed E-state index contributed by atoms with van der Waals surface area (Å²) in [5, 5.41) is 11.7. The van der Waals surface area contributed by atoms with Crippen molar-refractivity contribution < 1.29 is 14.7 Å². The molecule has 2 atom stereocenters. The minimum Gasteiger partial charge on any atom is -0.481 e. The predicted octanol–water partition coefficient (Wildman–Crippen LogP) is 1.87. The fraction of sp³-hybridized carbons (Fsp3) is 0.867. The third-order valence-electron chi connectivity index (χ3n) is 4.05. The Bertz CT molecular complexity index is 320. The van der Waals surface area contributed by atoms with E-state index in [1.807, 2.05) is 0 Å². The number of amides is 1. The SMILES string of the molecule is CCCCNC(=O)[C@@H]1CC[C@H](C)N(CCCC(=O)O)C1. The van der Waals surface area contributed by atoms with Crippen LogP contribution in [-0.4, -0.2) is 47.6 Å². The molecule has 0 aromatic carbocycles. The molecule has 0 aromatic rings. The highest BCUT2D eigenvalue weighted by atomic mass is 16.4. The van der Waals surface area contributed by atoms with Crippen LogP contribution < -0.4 is 5.32 Å². The van der Waals surface area contributed by atoms with Gasteiger partial charge in [-0.1, -0.05) is 13.3 Å². The van der Waals surface area contributed by atoms with Crippen molar-refractivity contribution in [1.29, 1.82) is 0 Å². The Morgan fingerprint density at radius 1 is 1.30 bits per heavy atom. The molecule has 0 aliphatic carbocycles. The molecule has 0 radical (unpaired) electrons. The highest BCUT2D eigenvalue weighted by Gasteiger charge is 2.29. The normalized spacial score (nSPS) is 23.5. The topological polar surface area (TPSA) is 69.6 Å². The van der Waals surface area contributed by atoms with Gasteiger partial charge in [-0.15, -0.1) is 0 Å². The van der Waals surface area contributed by atoms with Crippen LogP contribution in [0.3, 0.4) is 0 Å². The van der Waals surface area contributed by atoms with E-state index in [1.54, 1.807) is 0 Å². The first kappa shape index (κ1) is 17.0. The second-order valence-electron chi connectivity index (χ2n) is 5.76. The molecule has 1 aliphatic heterocycles. The van der Waals surface area contributed by atoms with Gasteiger partial charge in [0.05, 0.1) is 5.92 Å². The first-order valence-corrected chi connectivity index (χ1v) is 7.78. The number of carboxylic acid groups (broad SMARTS) is 1. The van der Waals surface area contributed by atoms with Crippen LogP contribution >= 0.6 is 0 Å². The molecule has 0 unspecified atom stereocenters. The number of hydrogen-bond acceptors (Lipinski definition) is 3. The van der Waals surface area contributed by atoms with E-state index in [9.17, 15) is 9.59 Å². The molecule has 0 saturated carbocycles. The van der Waals surface area contributed by atoms with Gasteiger partial charge in [-0.05, 0) is 39.2 Å². The average molecular weight is 284 g/mol. The Morgan fingerprint density at radius 2 is 2.05 bits per heavy atom. The minimum atomic E-state index is -0.747. The zero-order valence-electron chi connectivity index (χ0n) is 12.7. The van der Waals surface area contributed by atoms with Gasteiger partial charge in [0.25, 0.3) is 0 Å². The first-order valence-electron chi connectivity index (χ1n) is 7.78. The number of rotatable bonds is 8. The number of nitrogens with zero attached hydrogens (tertiary/aromatic N) is 1. The molecule has 1 aliphatic rings. The summed E-state index contributed by atoms with van der Waals surface area (Å²) in [5.74, 6) is -0.523. The van der Waals surface area contributed by atoms with Crippen LogP contribution in [-0.2, 0) is 9.59 Å². The Labute approximate surface area is 121 Å². The van der Waals surface area contributed by atoms with Gasteiger partial charge < -0.3 is 10.4 Å². The summed E-state index contributed by atoms with van der Waals surface area (Å²) in [7, 11) is 0. The standard InChI is InChI=1S/C15H28N2O3/c1-3-4-9-16-15(20)13-8-7-12(2)17(11-13)10-5-6-14(18)19/h12-13H,3-11H2,1-2H3,(H,16,20)(H,18,19)/t12-,13+/m0/s1. The molecule has 5 nitrogen and oxygen atoms in total. The zero-order valence-corrected chi connectivity index (χ0v) is 12.7. The fourth-order valence-electron chi connectivity index (χ4n) is 2.67. The van der Waals surface area contributed by atoms with Crippen molar-refractivity contribution in [2.24, 2.45) is 5.92 Å². The van der Waals surface area contributed by atoms with Crippen LogP contribution in [0.15, 0.2) is 0 Å². The summed E-state index contributed by atoms with van der Waals surface area (Å²) in [6.07, 6.45) is 4.93. The van der Waals surface area contributed by atoms with Crippen molar-refractivity contribution in [3.05, 3.63) is 0 Å². The maximum Gasteiger partial charge on any atom is 0.303 e. The summed E-state index contributed by atoms with van der Waals surface area (Å²) in [6.45, 7) is 6.57. The van der Waals surface area contributed by atoms with Gasteiger partial charge in [-0.25, -0.2) is 0 Å². The number of aliphatic carboxylic acids is 1. The number of carbonyl (C=O) groups is 2. The maximum absolute atomic E-state index is 12.1. The molecular weight excluding hydrogens is 256 g/mol. The van der Waals surface area contributed by atoms with Crippen LogP contribution in [0.4, 0.5) is 0 Å². The third-order valence-corrected chi connectivity index (χ3v) is 4.05.